The molecule has 0 radical (unpaired) electrons. The van der Waals surface area contributed by atoms with Gasteiger partial charge in [0.1, 0.15) is 0 Å². The Kier molecular flexibility index (Phi) is 4.58. The molecule has 1 spiro atoms. The van der Waals surface area contributed by atoms with E-state index in [2.05, 4.69) is 0 Å². The average Bonchev–Trinajstić information content (AvgIpc) is 3.35. The van der Waals surface area contributed by atoms with Gasteiger partial charge in [0.15, 0.2) is 5.79 Å². The fourth-order valence-corrected chi connectivity index (χ4v) is 7.55. The second kappa shape index (κ2) is 6.65. The Morgan fingerprint density at radius 3 is 2.14 bits per heavy atom. The Hall–Kier alpha value is -0.700. The molecule has 1 aliphatic carbocycles. The lowest BCUT2D eigenvalue weighted by Crippen LogP contribution is -2.62. The first-order chi connectivity index (χ1) is 13.4. The van der Waals surface area contributed by atoms with Gasteiger partial charge in [-0.15, -0.1) is 0 Å². The Morgan fingerprint density at radius 1 is 1.07 bits per heavy atom. The van der Waals surface area contributed by atoms with Crippen molar-refractivity contribution in [3.63, 3.8) is 0 Å². The predicted molar refractivity (Wildman–Crippen MR) is 104 cm³/mol. The van der Waals surface area contributed by atoms with Crippen molar-refractivity contribution in [3.05, 3.63) is 29.3 Å². The number of nitrogens with zero attached hydrogens (tertiary/aromatic N) is 1. The van der Waals surface area contributed by atoms with Gasteiger partial charge in [-0.1, -0.05) is 11.6 Å². The molecule has 8 heteroatoms. The normalized spacial score (nSPS) is 33.9. The first-order valence-electron chi connectivity index (χ1n) is 10.00. The number of rotatable bonds is 4. The van der Waals surface area contributed by atoms with Gasteiger partial charge in [-0.25, -0.2) is 8.42 Å². The van der Waals surface area contributed by atoms with Crippen LogP contribution in [0.3, 0.4) is 0 Å². The molecule has 0 amide bonds. The second-order valence-corrected chi connectivity index (χ2v) is 10.8. The van der Waals surface area contributed by atoms with Crippen LogP contribution in [0, 0.1) is 5.92 Å². The molecule has 1 saturated carbocycles. The van der Waals surface area contributed by atoms with Gasteiger partial charge in [-0.3, -0.25) is 0 Å². The summed E-state index contributed by atoms with van der Waals surface area (Å²) in [4.78, 5) is 0.294. The smallest absolute Gasteiger partial charge is 0.243 e. The molecule has 3 saturated heterocycles. The number of halogens is 1. The van der Waals surface area contributed by atoms with Crippen LogP contribution in [0.15, 0.2) is 29.2 Å². The zero-order chi connectivity index (χ0) is 19.6. The Morgan fingerprint density at radius 2 is 1.64 bits per heavy atom. The van der Waals surface area contributed by atoms with E-state index in [0.29, 0.717) is 41.9 Å². The minimum atomic E-state index is -3.62. The predicted octanol–water partition coefficient (Wildman–Crippen LogP) is 3.19. The molecule has 4 fully saturated rings. The third kappa shape index (κ3) is 3.02. The number of ether oxygens (including phenoxy) is 3. The molecule has 3 aliphatic heterocycles. The van der Waals surface area contributed by atoms with E-state index in [1.807, 2.05) is 0 Å². The van der Waals surface area contributed by atoms with Crippen LogP contribution >= 0.6 is 11.6 Å². The van der Waals surface area contributed by atoms with Crippen molar-refractivity contribution in [3.8, 4) is 0 Å². The maximum atomic E-state index is 13.5. The highest BCUT2D eigenvalue weighted by molar-refractivity contribution is 7.89. The molecule has 4 aliphatic rings. The van der Waals surface area contributed by atoms with Crippen molar-refractivity contribution in [1.82, 2.24) is 4.31 Å². The fourth-order valence-electron chi connectivity index (χ4n) is 5.59. The quantitative estimate of drug-likeness (QED) is 0.738. The highest BCUT2D eigenvalue weighted by Crippen LogP contribution is 2.55. The van der Waals surface area contributed by atoms with E-state index in [1.165, 1.54) is 0 Å². The molecule has 3 heterocycles. The number of hydrogen-bond donors (Lipinski definition) is 0. The summed E-state index contributed by atoms with van der Waals surface area (Å²) in [6, 6.07) is 6.15. The number of methoxy groups -OCH3 is 1. The van der Waals surface area contributed by atoms with Crippen LogP contribution in [0.1, 0.15) is 38.5 Å². The van der Waals surface area contributed by atoms with Crippen molar-refractivity contribution in [2.24, 2.45) is 5.92 Å². The Labute approximate surface area is 171 Å². The van der Waals surface area contributed by atoms with Crippen molar-refractivity contribution >= 4 is 21.6 Å². The standard InChI is InChI=1S/C20H26ClNO5S/c1-25-19(6-7-19)14-10-16-12-20(26-8-9-27-20)13-17(11-14)22(16)28(23,24)18-4-2-15(21)3-5-18/h2-5,14,16-17H,6-13H2,1H3. The zero-order valence-corrected chi connectivity index (χ0v) is 17.5. The van der Waals surface area contributed by atoms with E-state index in [4.69, 9.17) is 25.8 Å². The maximum Gasteiger partial charge on any atom is 0.243 e. The summed E-state index contributed by atoms with van der Waals surface area (Å²) >= 11 is 5.96. The van der Waals surface area contributed by atoms with Crippen LogP contribution in [-0.4, -0.2) is 56.5 Å². The van der Waals surface area contributed by atoms with Crippen molar-refractivity contribution in [2.45, 2.75) is 66.9 Å². The third-order valence-corrected chi connectivity index (χ3v) is 9.29. The minimum Gasteiger partial charge on any atom is -0.378 e. The summed E-state index contributed by atoms with van der Waals surface area (Å²) in [6.45, 7) is 1.16. The molecular formula is C20H26ClNO5S. The second-order valence-electron chi connectivity index (χ2n) is 8.55. The summed E-state index contributed by atoms with van der Waals surface area (Å²) < 4.78 is 46.6. The first-order valence-corrected chi connectivity index (χ1v) is 11.8. The van der Waals surface area contributed by atoms with E-state index >= 15 is 0 Å². The van der Waals surface area contributed by atoms with Crippen LogP contribution < -0.4 is 0 Å². The van der Waals surface area contributed by atoms with E-state index in [0.717, 1.165) is 25.7 Å². The van der Waals surface area contributed by atoms with Gasteiger partial charge in [0.2, 0.25) is 10.0 Å². The van der Waals surface area contributed by atoms with Gasteiger partial charge in [-0.05, 0) is 55.9 Å². The van der Waals surface area contributed by atoms with E-state index in [-0.39, 0.29) is 17.7 Å². The zero-order valence-electron chi connectivity index (χ0n) is 16.0. The number of benzene rings is 1. The monoisotopic (exact) mass is 427 g/mol. The number of hydrogen-bond acceptors (Lipinski definition) is 5. The van der Waals surface area contributed by atoms with E-state index < -0.39 is 15.8 Å². The molecule has 1 aromatic carbocycles. The Balaban J connectivity index is 1.49. The number of sulfonamides is 1. The van der Waals surface area contributed by atoms with Crippen LogP contribution in [-0.2, 0) is 24.2 Å². The molecule has 6 nitrogen and oxygen atoms in total. The molecule has 28 heavy (non-hydrogen) atoms. The minimum absolute atomic E-state index is 0.0610. The van der Waals surface area contributed by atoms with Gasteiger partial charge in [-0.2, -0.15) is 4.31 Å². The lowest BCUT2D eigenvalue weighted by Gasteiger charge is -2.53. The molecule has 1 aromatic rings. The average molecular weight is 428 g/mol. The molecular weight excluding hydrogens is 402 g/mol. The van der Waals surface area contributed by atoms with Gasteiger partial charge in [0.25, 0.3) is 0 Å². The molecule has 2 unspecified atom stereocenters. The summed E-state index contributed by atoms with van der Waals surface area (Å²) in [6.07, 6.45) is 4.85. The lowest BCUT2D eigenvalue weighted by atomic mass is 9.74. The van der Waals surface area contributed by atoms with Crippen molar-refractivity contribution in [1.29, 1.82) is 0 Å². The van der Waals surface area contributed by atoms with Crippen LogP contribution in [0.4, 0.5) is 0 Å². The highest BCUT2D eigenvalue weighted by Gasteiger charge is 2.60. The first kappa shape index (κ1) is 19.3. The van der Waals surface area contributed by atoms with E-state index in [1.54, 1.807) is 35.7 Å². The fraction of sp³-hybridized carbons (Fsp3) is 0.700. The summed E-state index contributed by atoms with van der Waals surface area (Å²) in [7, 11) is -1.83. The molecule has 0 N–H and O–H groups in total. The molecule has 2 bridgehead atoms. The van der Waals surface area contributed by atoms with E-state index in [9.17, 15) is 8.42 Å². The van der Waals surface area contributed by atoms with Gasteiger partial charge in [0.05, 0.1) is 23.7 Å². The highest BCUT2D eigenvalue weighted by atomic mass is 35.5. The summed E-state index contributed by atoms with van der Waals surface area (Å²) in [5.41, 5.74) is -0.0610. The van der Waals surface area contributed by atoms with Gasteiger partial charge < -0.3 is 14.2 Å². The van der Waals surface area contributed by atoms with Gasteiger partial charge >= 0.3 is 0 Å². The molecule has 154 valence electrons. The van der Waals surface area contributed by atoms with Crippen LogP contribution in [0.5, 0.6) is 0 Å². The molecule has 0 aromatic heterocycles. The number of piperidine rings is 2. The van der Waals surface area contributed by atoms with Gasteiger partial charge in [0, 0.05) is 37.1 Å². The SMILES string of the molecule is COC1(C2CC3CC4(CC(C2)N3S(=O)(=O)c2ccc(Cl)cc2)OCCO4)CC1. The largest absolute Gasteiger partial charge is 0.378 e. The van der Waals surface area contributed by atoms with Crippen molar-refractivity contribution < 1.29 is 22.6 Å². The van der Waals surface area contributed by atoms with Crippen molar-refractivity contribution in [2.75, 3.05) is 20.3 Å². The summed E-state index contributed by atoms with van der Waals surface area (Å²) in [5.74, 6) is -0.251. The lowest BCUT2D eigenvalue weighted by molar-refractivity contribution is -0.211. The number of fused-ring (bicyclic) bond motifs is 2. The van der Waals surface area contributed by atoms with Crippen LogP contribution in [0.25, 0.3) is 0 Å². The molecule has 5 rings (SSSR count). The Bertz CT molecular complexity index is 830. The maximum absolute atomic E-state index is 13.5. The topological polar surface area (TPSA) is 65.1 Å². The molecule has 2 atom stereocenters. The summed E-state index contributed by atoms with van der Waals surface area (Å²) in [5, 5.41) is 0.528. The van der Waals surface area contributed by atoms with Crippen LogP contribution in [0.2, 0.25) is 5.02 Å². The third-order valence-electron chi connectivity index (χ3n) is 7.02.